The van der Waals surface area contributed by atoms with Gasteiger partial charge in [-0.1, -0.05) is 13.8 Å². The van der Waals surface area contributed by atoms with Crippen LogP contribution >= 0.6 is 0 Å². The second-order valence-electron chi connectivity index (χ2n) is 6.31. The molecule has 1 atom stereocenters. The molecule has 0 aliphatic heterocycles. The smallest absolute Gasteiger partial charge is 0.417 e. The lowest BCUT2D eigenvalue weighted by Crippen LogP contribution is -2.49. The van der Waals surface area contributed by atoms with Crippen LogP contribution in [0.2, 0.25) is 0 Å². The third kappa shape index (κ3) is 4.29. The van der Waals surface area contributed by atoms with E-state index in [1.54, 1.807) is 26.0 Å². The Bertz CT molecular complexity index is 1100. The Morgan fingerprint density at radius 3 is 2.70 bits per heavy atom. The molecule has 9 nitrogen and oxygen atoms in total. The first-order valence-electron chi connectivity index (χ1n) is 8.21. The third-order valence-electron chi connectivity index (χ3n) is 3.95. The van der Waals surface area contributed by atoms with Crippen molar-refractivity contribution in [3.8, 4) is 0 Å². The summed E-state index contributed by atoms with van der Waals surface area (Å²) in [4.78, 5) is 26.0. The van der Waals surface area contributed by atoms with Crippen molar-refractivity contribution in [1.82, 2.24) is 15.0 Å². The molecule has 0 saturated heterocycles. The molecule has 0 saturated carbocycles. The Morgan fingerprint density at radius 2 is 2.04 bits per heavy atom. The second kappa shape index (κ2) is 7.41. The first kappa shape index (κ1) is 18.9. The van der Waals surface area contributed by atoms with Gasteiger partial charge in [0.1, 0.15) is 11.8 Å². The summed E-state index contributed by atoms with van der Waals surface area (Å²) >= 11 is 0. The van der Waals surface area contributed by atoms with Gasteiger partial charge in [0.05, 0.1) is 23.2 Å². The lowest BCUT2D eigenvalue weighted by Gasteiger charge is -2.21. The first-order valence-corrected chi connectivity index (χ1v) is 9.70. The minimum atomic E-state index is -4.01. The molecule has 2 aromatic heterocycles. The number of furan rings is 1. The van der Waals surface area contributed by atoms with Gasteiger partial charge in [0.15, 0.2) is 5.58 Å². The molecular weight excluding hydrogens is 374 g/mol. The van der Waals surface area contributed by atoms with Crippen LogP contribution in [0.1, 0.15) is 19.6 Å². The number of amides is 1. The maximum atomic E-state index is 12.7. The van der Waals surface area contributed by atoms with Crippen LogP contribution in [0.15, 0.2) is 55.1 Å². The Labute approximate surface area is 154 Å². The molecular formula is C17H19N3O6S. The van der Waals surface area contributed by atoms with Crippen LogP contribution in [0.25, 0.3) is 11.1 Å². The van der Waals surface area contributed by atoms with Crippen LogP contribution in [-0.2, 0) is 21.4 Å². The summed E-state index contributed by atoms with van der Waals surface area (Å²) in [6.45, 7) is 3.61. The van der Waals surface area contributed by atoms with Crippen molar-refractivity contribution in [2.45, 2.75) is 31.3 Å². The van der Waals surface area contributed by atoms with E-state index in [2.05, 4.69) is 15.0 Å². The molecule has 1 aromatic carbocycles. The van der Waals surface area contributed by atoms with E-state index in [0.29, 0.717) is 11.3 Å². The summed E-state index contributed by atoms with van der Waals surface area (Å²) < 4.78 is 37.8. The molecule has 3 N–H and O–H groups in total. The van der Waals surface area contributed by atoms with Gasteiger partial charge in [0.25, 0.3) is 0 Å². The third-order valence-corrected chi connectivity index (χ3v) is 5.39. The number of nitrogens with one attached hydrogen (secondary N) is 3. The highest BCUT2D eigenvalue weighted by molar-refractivity contribution is 7.89. The lowest BCUT2D eigenvalue weighted by molar-refractivity contribution is -0.123. The minimum Gasteiger partial charge on any atom is -0.467 e. The number of hydrogen-bond acceptors (Lipinski definition) is 6. The molecule has 0 spiro atoms. The molecule has 0 bridgehead atoms. The molecule has 27 heavy (non-hydrogen) atoms. The maximum Gasteiger partial charge on any atom is 0.417 e. The van der Waals surface area contributed by atoms with Gasteiger partial charge >= 0.3 is 5.76 Å². The predicted molar refractivity (Wildman–Crippen MR) is 96.3 cm³/mol. The Morgan fingerprint density at radius 1 is 1.26 bits per heavy atom. The normalized spacial score (nSPS) is 13.1. The zero-order valence-electron chi connectivity index (χ0n) is 14.7. The van der Waals surface area contributed by atoms with E-state index in [1.807, 2.05) is 0 Å². The van der Waals surface area contributed by atoms with Crippen LogP contribution in [0.3, 0.4) is 0 Å². The highest BCUT2D eigenvalue weighted by atomic mass is 32.2. The van der Waals surface area contributed by atoms with Gasteiger partial charge < -0.3 is 14.2 Å². The number of benzene rings is 1. The van der Waals surface area contributed by atoms with E-state index in [0.717, 1.165) is 0 Å². The molecule has 0 radical (unpaired) electrons. The van der Waals surface area contributed by atoms with Crippen LogP contribution < -0.4 is 15.8 Å². The fraction of sp³-hybridized carbons (Fsp3) is 0.294. The number of hydrogen-bond donors (Lipinski definition) is 3. The van der Waals surface area contributed by atoms with Gasteiger partial charge in [0.2, 0.25) is 15.9 Å². The van der Waals surface area contributed by atoms with Gasteiger partial charge in [-0.15, -0.1) is 0 Å². The average Bonchev–Trinajstić information content (AvgIpc) is 3.24. The summed E-state index contributed by atoms with van der Waals surface area (Å²) in [5, 5.41) is 2.65. The van der Waals surface area contributed by atoms with E-state index >= 15 is 0 Å². The van der Waals surface area contributed by atoms with Crippen molar-refractivity contribution in [2.24, 2.45) is 5.92 Å². The van der Waals surface area contributed by atoms with Gasteiger partial charge in [-0.3, -0.25) is 9.78 Å². The summed E-state index contributed by atoms with van der Waals surface area (Å²) in [6.07, 6.45) is 1.49. The van der Waals surface area contributed by atoms with E-state index in [9.17, 15) is 18.0 Å². The largest absolute Gasteiger partial charge is 0.467 e. The molecule has 3 aromatic rings. The Hall–Kier alpha value is -2.85. The quantitative estimate of drug-likeness (QED) is 0.554. The molecule has 0 fully saturated rings. The summed E-state index contributed by atoms with van der Waals surface area (Å²) in [5.41, 5.74) is 0.502. The van der Waals surface area contributed by atoms with Crippen molar-refractivity contribution in [3.63, 3.8) is 0 Å². The number of fused-ring (bicyclic) bond motifs is 1. The number of aromatic amines is 1. The first-order chi connectivity index (χ1) is 12.8. The maximum absolute atomic E-state index is 12.7. The fourth-order valence-corrected chi connectivity index (χ4v) is 3.88. The van der Waals surface area contributed by atoms with Gasteiger partial charge in [-0.2, -0.15) is 4.72 Å². The molecule has 0 aliphatic carbocycles. The zero-order valence-corrected chi connectivity index (χ0v) is 15.5. The predicted octanol–water partition coefficient (Wildman–Crippen LogP) is 1.33. The van der Waals surface area contributed by atoms with Crippen molar-refractivity contribution in [3.05, 3.63) is 52.9 Å². The van der Waals surface area contributed by atoms with Crippen molar-refractivity contribution in [2.75, 3.05) is 0 Å². The number of oxazole rings is 1. The SMILES string of the molecule is CC(C)[C@H](NS(=O)(=O)c1ccc2[nH]c(=O)oc2c1)C(=O)NCc1ccco1. The molecule has 0 aliphatic rings. The van der Waals surface area contributed by atoms with Gasteiger partial charge in [0, 0.05) is 6.07 Å². The lowest BCUT2D eigenvalue weighted by atomic mass is 10.1. The van der Waals surface area contributed by atoms with E-state index in [1.165, 1.54) is 24.5 Å². The van der Waals surface area contributed by atoms with Crippen LogP contribution in [0.5, 0.6) is 0 Å². The van der Waals surface area contributed by atoms with E-state index < -0.39 is 27.7 Å². The van der Waals surface area contributed by atoms with Gasteiger partial charge in [-0.25, -0.2) is 13.2 Å². The monoisotopic (exact) mass is 393 g/mol. The van der Waals surface area contributed by atoms with Crippen molar-refractivity contribution >= 4 is 27.0 Å². The number of carbonyl (C=O) groups excluding carboxylic acids is 1. The average molecular weight is 393 g/mol. The van der Waals surface area contributed by atoms with Crippen LogP contribution in [-0.4, -0.2) is 25.4 Å². The number of sulfonamides is 1. The van der Waals surface area contributed by atoms with Gasteiger partial charge in [-0.05, 0) is 30.2 Å². The topological polar surface area (TPSA) is 134 Å². The second-order valence-corrected chi connectivity index (χ2v) is 8.03. The Kier molecular flexibility index (Phi) is 5.19. The number of carbonyl (C=O) groups is 1. The molecule has 3 rings (SSSR count). The summed E-state index contributed by atoms with van der Waals surface area (Å²) in [5.74, 6) is -0.893. The highest BCUT2D eigenvalue weighted by Gasteiger charge is 2.28. The standard InChI is InChI=1S/C17H19N3O6S/c1-10(2)15(16(21)18-9-11-4-3-7-25-11)20-27(23,24)12-5-6-13-14(8-12)26-17(22)19-13/h3-8,10,15,20H,9H2,1-2H3,(H,18,21)(H,19,22)/t15-/m0/s1. The molecule has 10 heteroatoms. The van der Waals surface area contributed by atoms with Crippen LogP contribution in [0.4, 0.5) is 0 Å². The summed E-state index contributed by atoms with van der Waals surface area (Å²) in [6, 6.07) is 6.39. The molecule has 144 valence electrons. The molecule has 0 unspecified atom stereocenters. The zero-order chi connectivity index (χ0) is 19.6. The van der Waals surface area contributed by atoms with E-state index in [-0.39, 0.29) is 22.9 Å². The fourth-order valence-electron chi connectivity index (χ4n) is 2.52. The molecule has 1 amide bonds. The number of rotatable bonds is 7. The van der Waals surface area contributed by atoms with Crippen molar-refractivity contribution in [1.29, 1.82) is 0 Å². The van der Waals surface area contributed by atoms with E-state index in [4.69, 9.17) is 8.83 Å². The van der Waals surface area contributed by atoms with Crippen molar-refractivity contribution < 1.29 is 22.0 Å². The number of H-pyrrole nitrogens is 1. The molecule has 2 heterocycles. The summed E-state index contributed by atoms with van der Waals surface area (Å²) in [7, 11) is -4.01. The highest BCUT2D eigenvalue weighted by Crippen LogP contribution is 2.18. The minimum absolute atomic E-state index is 0.109. The van der Waals surface area contributed by atoms with Crippen LogP contribution in [0, 0.1) is 5.92 Å². The number of aromatic nitrogens is 1. The Balaban J connectivity index is 1.78.